The Labute approximate surface area is 394 Å². The number of H-pyrrole nitrogens is 1. The van der Waals surface area contributed by atoms with Crippen molar-refractivity contribution >= 4 is 74.3 Å². The number of ether oxygens (including phenoxy) is 1. The van der Waals surface area contributed by atoms with E-state index in [2.05, 4.69) is 57.7 Å². The Hall–Kier alpha value is -8.09. The first-order chi connectivity index (χ1) is 33.3. The maximum absolute atomic E-state index is 14.2. The molecule has 0 spiro atoms. The fourth-order valence-electron chi connectivity index (χ4n) is 10.8. The van der Waals surface area contributed by atoms with Crippen molar-refractivity contribution in [2.24, 2.45) is 7.05 Å². The van der Waals surface area contributed by atoms with Crippen molar-refractivity contribution in [3.05, 3.63) is 100 Å². The molecule has 4 aliphatic rings. The molecule has 1 unspecified atom stereocenters. The fourth-order valence-corrected chi connectivity index (χ4v) is 10.8. The number of imidazole rings is 1. The first-order valence-electron chi connectivity index (χ1n) is 23.2. The Kier molecular flexibility index (Phi) is 10.5. The molecule has 3 fully saturated rings. The molecular weight excluding hydrogens is 883 g/mol. The van der Waals surface area contributed by atoms with Crippen LogP contribution in [0, 0.1) is 0 Å². The Balaban J connectivity index is 0.886. The molecular formula is C50H49N11O8. The van der Waals surface area contributed by atoms with Gasteiger partial charge in [-0.15, -0.1) is 0 Å². The van der Waals surface area contributed by atoms with Gasteiger partial charge in [0, 0.05) is 80.0 Å². The summed E-state index contributed by atoms with van der Waals surface area (Å²) >= 11 is 0. The van der Waals surface area contributed by atoms with Crippen molar-refractivity contribution in [3.63, 3.8) is 0 Å². The highest BCUT2D eigenvalue weighted by molar-refractivity contribution is 6.24. The molecule has 6 amide bonds. The van der Waals surface area contributed by atoms with Gasteiger partial charge in [-0.05, 0) is 93.1 Å². The van der Waals surface area contributed by atoms with Gasteiger partial charge in [-0.2, -0.15) is 5.10 Å². The number of hydrogen-bond acceptors (Lipinski definition) is 11. The Morgan fingerprint density at radius 2 is 1.59 bits per heavy atom. The van der Waals surface area contributed by atoms with Crippen LogP contribution in [0.1, 0.15) is 89.1 Å². The van der Waals surface area contributed by atoms with Gasteiger partial charge in [0.25, 0.3) is 17.7 Å². The SMILES string of the molecule is COC(=O)N[C@@H]1CC[C@@H](n2c(=O)n(C)c3cnc4[nH]c(-c5ccc(C(=O)N6CCN(c7ccc8c(c7)C(=O)N(C7CCC(=O)NC7=O)C8=O)CC6)cc5)c(-c5ccc6c(cnn6C(C)C)c5)c4c32)C1. The highest BCUT2D eigenvalue weighted by atomic mass is 16.5. The molecule has 4 aromatic heterocycles. The number of nitrogens with zero attached hydrogens (tertiary/aromatic N) is 8. The van der Waals surface area contributed by atoms with E-state index in [0.29, 0.717) is 62.2 Å². The van der Waals surface area contributed by atoms with Crippen LogP contribution >= 0.6 is 0 Å². The van der Waals surface area contributed by atoms with E-state index in [-0.39, 0.29) is 53.7 Å². The third kappa shape index (κ3) is 7.13. The summed E-state index contributed by atoms with van der Waals surface area (Å²) in [6, 6.07) is 17.5. The van der Waals surface area contributed by atoms with E-state index in [4.69, 9.17) is 9.72 Å². The lowest BCUT2D eigenvalue weighted by Gasteiger charge is -2.36. The zero-order valence-electron chi connectivity index (χ0n) is 38.4. The highest BCUT2D eigenvalue weighted by Gasteiger charge is 2.45. The summed E-state index contributed by atoms with van der Waals surface area (Å²) in [6.45, 7) is 5.96. The molecule has 3 N–H and O–H groups in total. The summed E-state index contributed by atoms with van der Waals surface area (Å²) in [5.41, 5.74) is 7.80. The number of amides is 6. The Morgan fingerprint density at radius 3 is 2.33 bits per heavy atom. The normalized spacial score (nSPS) is 19.7. The number of aryl methyl sites for hydroxylation is 1. The number of carbonyl (C=O) groups excluding carboxylic acids is 6. The van der Waals surface area contributed by atoms with Crippen LogP contribution in [0.5, 0.6) is 0 Å². The largest absolute Gasteiger partial charge is 0.453 e. The zero-order chi connectivity index (χ0) is 48.0. The molecule has 7 aromatic rings. The van der Waals surface area contributed by atoms with Gasteiger partial charge in [0.1, 0.15) is 11.7 Å². The smallest absolute Gasteiger partial charge is 0.407 e. The van der Waals surface area contributed by atoms with Crippen LogP contribution in [0.25, 0.3) is 55.4 Å². The number of piperidine rings is 1. The monoisotopic (exact) mass is 931 g/mol. The number of alkyl carbamates (subject to hydrolysis) is 1. The van der Waals surface area contributed by atoms with Gasteiger partial charge in [0.2, 0.25) is 11.8 Å². The van der Waals surface area contributed by atoms with Crippen LogP contribution in [0.2, 0.25) is 0 Å². The molecule has 2 saturated heterocycles. The molecule has 352 valence electrons. The number of anilines is 1. The van der Waals surface area contributed by atoms with Gasteiger partial charge in [0.15, 0.2) is 0 Å². The van der Waals surface area contributed by atoms with E-state index in [9.17, 15) is 33.6 Å². The molecule has 3 aromatic carbocycles. The van der Waals surface area contributed by atoms with Gasteiger partial charge in [-0.1, -0.05) is 18.2 Å². The standard InChI is InChI=1S/C50H49N11O8/c1-26(2)61-36-14-9-29(21-30(36)24-52-61)40-41-43-38(56(3)50(68)59(43)33-11-10-31(22-33)53-49(67)69-4)25-51-44(41)55-42(40)27-5-7-28(8-6-27)46(64)58-19-17-57(18-20-58)32-12-13-34-35(23-32)48(66)60(47(34)65)37-15-16-39(62)54-45(37)63/h5-9,12-14,21,23-26,31,33,37H,10-11,15-20,22H2,1-4H3,(H,51,55)(H,53,67)(H,54,62,63)/t31-,33-,37?/m1/s1. The topological polar surface area (TPSA) is 219 Å². The second-order valence-electron chi connectivity index (χ2n) is 18.6. The zero-order valence-corrected chi connectivity index (χ0v) is 38.4. The number of aromatic nitrogens is 6. The average molecular weight is 932 g/mol. The lowest BCUT2D eigenvalue weighted by Crippen LogP contribution is -2.54. The van der Waals surface area contributed by atoms with Crippen LogP contribution < -0.4 is 21.2 Å². The Bertz CT molecular complexity index is 3390. The van der Waals surface area contributed by atoms with Crippen LogP contribution in [-0.2, 0) is 21.4 Å². The predicted octanol–water partition coefficient (Wildman–Crippen LogP) is 5.29. The molecule has 69 heavy (non-hydrogen) atoms. The summed E-state index contributed by atoms with van der Waals surface area (Å²) in [6.07, 6.45) is 5.12. The lowest BCUT2D eigenvalue weighted by atomic mass is 9.96. The van der Waals surface area contributed by atoms with Crippen LogP contribution in [0.4, 0.5) is 10.5 Å². The quantitative estimate of drug-likeness (QED) is 0.166. The molecule has 11 rings (SSSR count). The fraction of sp³-hybridized carbons (Fsp3) is 0.340. The first kappa shape index (κ1) is 43.5. The van der Waals surface area contributed by atoms with Crippen LogP contribution in [-0.4, -0.2) is 120 Å². The minimum absolute atomic E-state index is 0.0418. The minimum atomic E-state index is -1.05. The second kappa shape index (κ2) is 16.6. The Morgan fingerprint density at radius 1 is 0.841 bits per heavy atom. The van der Waals surface area contributed by atoms with Crippen molar-refractivity contribution in [2.45, 2.75) is 70.1 Å². The third-order valence-corrected chi connectivity index (χ3v) is 14.3. The van der Waals surface area contributed by atoms with Crippen molar-refractivity contribution < 1.29 is 33.5 Å². The van der Waals surface area contributed by atoms with Gasteiger partial charge in [0.05, 0.1) is 58.3 Å². The van der Waals surface area contributed by atoms with Crippen LogP contribution in [0.15, 0.2) is 77.9 Å². The third-order valence-electron chi connectivity index (χ3n) is 14.3. The number of hydrogen-bond donors (Lipinski definition) is 3. The summed E-state index contributed by atoms with van der Waals surface area (Å²) in [4.78, 5) is 105. The summed E-state index contributed by atoms with van der Waals surface area (Å²) in [5, 5.41) is 11.6. The maximum Gasteiger partial charge on any atom is 0.407 e. The molecule has 7 heterocycles. The first-order valence-corrected chi connectivity index (χ1v) is 23.2. The molecule has 0 radical (unpaired) electrons. The number of carbonyl (C=O) groups is 6. The van der Waals surface area contributed by atoms with E-state index in [1.165, 1.54) is 7.11 Å². The molecule has 19 nitrogen and oxygen atoms in total. The van der Waals surface area contributed by atoms with Crippen molar-refractivity contribution in [1.82, 2.24) is 49.3 Å². The van der Waals surface area contributed by atoms with E-state index in [0.717, 1.165) is 54.8 Å². The van der Waals surface area contributed by atoms with Gasteiger partial charge in [-0.25, -0.2) is 14.6 Å². The van der Waals surface area contributed by atoms with Crippen molar-refractivity contribution in [2.75, 3.05) is 38.2 Å². The second-order valence-corrected chi connectivity index (χ2v) is 18.6. The van der Waals surface area contributed by atoms with E-state index < -0.39 is 35.8 Å². The molecule has 3 aliphatic heterocycles. The van der Waals surface area contributed by atoms with Crippen molar-refractivity contribution in [3.8, 4) is 22.4 Å². The predicted molar refractivity (Wildman–Crippen MR) is 255 cm³/mol. The number of methoxy groups -OCH3 is 1. The number of piperazine rings is 1. The van der Waals surface area contributed by atoms with Crippen LogP contribution in [0.3, 0.4) is 0 Å². The van der Waals surface area contributed by atoms with Gasteiger partial charge >= 0.3 is 11.8 Å². The average Bonchev–Trinajstić information content (AvgIpc) is 4.18. The molecule has 0 bridgehead atoms. The number of benzene rings is 3. The minimum Gasteiger partial charge on any atom is -0.453 e. The molecule has 3 atom stereocenters. The van der Waals surface area contributed by atoms with Gasteiger partial charge < -0.3 is 24.8 Å². The van der Waals surface area contributed by atoms with E-state index in [1.807, 2.05) is 39.7 Å². The lowest BCUT2D eigenvalue weighted by molar-refractivity contribution is -0.136. The summed E-state index contributed by atoms with van der Waals surface area (Å²) in [5.74, 6) is -2.35. The summed E-state index contributed by atoms with van der Waals surface area (Å²) in [7, 11) is 3.09. The number of nitrogens with one attached hydrogen (secondary N) is 3. The number of rotatable bonds is 8. The molecule has 1 aliphatic carbocycles. The van der Waals surface area contributed by atoms with E-state index >= 15 is 0 Å². The van der Waals surface area contributed by atoms with Crippen molar-refractivity contribution in [1.29, 1.82) is 0 Å². The van der Waals surface area contributed by atoms with Gasteiger partial charge in [-0.3, -0.25) is 48.0 Å². The number of aromatic amines is 1. The number of pyridine rings is 1. The molecule has 1 saturated carbocycles. The maximum atomic E-state index is 14.2. The number of imide groups is 2. The molecule has 19 heteroatoms. The van der Waals surface area contributed by atoms with E-state index in [1.54, 1.807) is 40.9 Å². The summed E-state index contributed by atoms with van der Waals surface area (Å²) < 4.78 is 10.3. The number of fused-ring (bicyclic) bond motifs is 5. The highest BCUT2D eigenvalue weighted by Crippen LogP contribution is 2.43.